The fourth-order valence-corrected chi connectivity index (χ4v) is 2.23. The molecular formula is C16H16F2O. The molecule has 0 amide bonds. The summed E-state index contributed by atoms with van der Waals surface area (Å²) in [6.07, 6.45) is 0.260. The molecule has 100 valence electrons. The van der Waals surface area contributed by atoms with Gasteiger partial charge in [-0.05, 0) is 24.5 Å². The minimum Gasteiger partial charge on any atom is -0.380 e. The summed E-state index contributed by atoms with van der Waals surface area (Å²) in [4.78, 5) is 0. The number of halogens is 2. The second-order valence-corrected chi connectivity index (χ2v) is 4.64. The Bertz CT molecular complexity index is 581. The van der Waals surface area contributed by atoms with Gasteiger partial charge in [0.05, 0.1) is 0 Å². The van der Waals surface area contributed by atoms with E-state index < -0.39 is 17.2 Å². The molecule has 0 fully saturated rings. The Morgan fingerprint density at radius 1 is 1.00 bits per heavy atom. The Labute approximate surface area is 111 Å². The van der Waals surface area contributed by atoms with Crippen molar-refractivity contribution in [2.45, 2.75) is 25.9 Å². The Kier molecular flexibility index (Phi) is 3.67. The van der Waals surface area contributed by atoms with Crippen molar-refractivity contribution in [1.82, 2.24) is 0 Å². The van der Waals surface area contributed by atoms with E-state index in [0.717, 1.165) is 0 Å². The summed E-state index contributed by atoms with van der Waals surface area (Å²) in [6, 6.07) is 11.7. The first-order chi connectivity index (χ1) is 9.00. The highest BCUT2D eigenvalue weighted by Crippen LogP contribution is 2.35. The second kappa shape index (κ2) is 5.10. The molecule has 2 rings (SSSR count). The normalized spacial score (nSPS) is 14.2. The van der Waals surface area contributed by atoms with Crippen LogP contribution in [0, 0.1) is 18.6 Å². The van der Waals surface area contributed by atoms with E-state index >= 15 is 0 Å². The van der Waals surface area contributed by atoms with Gasteiger partial charge in [0.1, 0.15) is 5.60 Å². The number of benzene rings is 2. The van der Waals surface area contributed by atoms with Gasteiger partial charge in [0.25, 0.3) is 0 Å². The van der Waals surface area contributed by atoms with Gasteiger partial charge >= 0.3 is 0 Å². The maximum atomic E-state index is 14.1. The second-order valence-electron chi connectivity index (χ2n) is 4.64. The molecule has 0 aliphatic rings. The molecule has 0 radical (unpaired) electrons. The third kappa shape index (κ3) is 2.26. The van der Waals surface area contributed by atoms with Crippen molar-refractivity contribution in [3.05, 3.63) is 70.8 Å². The summed E-state index contributed by atoms with van der Waals surface area (Å²) in [5.74, 6) is -1.88. The molecule has 0 saturated carbocycles. The highest BCUT2D eigenvalue weighted by atomic mass is 19.2. The summed E-state index contributed by atoms with van der Waals surface area (Å²) in [5, 5.41) is 10.8. The zero-order chi connectivity index (χ0) is 14.0. The van der Waals surface area contributed by atoms with Crippen LogP contribution in [-0.4, -0.2) is 5.11 Å². The number of rotatable bonds is 3. The molecule has 0 aliphatic heterocycles. The fourth-order valence-electron chi connectivity index (χ4n) is 2.23. The number of hydrogen-bond donors (Lipinski definition) is 1. The third-order valence-corrected chi connectivity index (χ3v) is 3.48. The molecule has 0 aromatic heterocycles. The topological polar surface area (TPSA) is 20.2 Å². The zero-order valence-electron chi connectivity index (χ0n) is 11.0. The molecule has 1 atom stereocenters. The molecule has 1 N–H and O–H groups in total. The van der Waals surface area contributed by atoms with Crippen LogP contribution in [0.3, 0.4) is 0 Å². The molecule has 0 bridgehead atoms. The average molecular weight is 262 g/mol. The van der Waals surface area contributed by atoms with Crippen molar-refractivity contribution in [2.24, 2.45) is 0 Å². The molecule has 0 aliphatic carbocycles. The highest BCUT2D eigenvalue weighted by Gasteiger charge is 2.33. The van der Waals surface area contributed by atoms with Crippen molar-refractivity contribution in [1.29, 1.82) is 0 Å². The van der Waals surface area contributed by atoms with Gasteiger partial charge in [-0.2, -0.15) is 0 Å². The van der Waals surface area contributed by atoms with Crippen LogP contribution in [0.25, 0.3) is 0 Å². The quantitative estimate of drug-likeness (QED) is 0.889. The Hall–Kier alpha value is -1.74. The van der Waals surface area contributed by atoms with Gasteiger partial charge in [-0.1, -0.05) is 49.4 Å². The van der Waals surface area contributed by atoms with Crippen molar-refractivity contribution in [3.8, 4) is 0 Å². The van der Waals surface area contributed by atoms with Crippen LogP contribution in [-0.2, 0) is 5.60 Å². The van der Waals surface area contributed by atoms with E-state index in [1.807, 2.05) is 6.07 Å². The maximum Gasteiger partial charge on any atom is 0.165 e. The highest BCUT2D eigenvalue weighted by molar-refractivity contribution is 5.38. The van der Waals surface area contributed by atoms with Gasteiger partial charge < -0.3 is 5.11 Å². The number of aryl methyl sites for hydroxylation is 1. The van der Waals surface area contributed by atoms with Gasteiger partial charge in [0, 0.05) is 5.56 Å². The first-order valence-corrected chi connectivity index (χ1v) is 6.23. The molecule has 0 spiro atoms. The lowest BCUT2D eigenvalue weighted by molar-refractivity contribution is 0.0717. The molecule has 2 aromatic carbocycles. The van der Waals surface area contributed by atoms with E-state index in [9.17, 15) is 13.9 Å². The van der Waals surface area contributed by atoms with Gasteiger partial charge in [0.2, 0.25) is 0 Å². The van der Waals surface area contributed by atoms with Crippen molar-refractivity contribution >= 4 is 0 Å². The first-order valence-electron chi connectivity index (χ1n) is 6.23. The molecular weight excluding hydrogens is 246 g/mol. The number of aliphatic hydroxyl groups is 1. The lowest BCUT2D eigenvalue weighted by atomic mass is 9.83. The van der Waals surface area contributed by atoms with Crippen LogP contribution in [0.1, 0.15) is 30.0 Å². The summed E-state index contributed by atoms with van der Waals surface area (Å²) in [6.45, 7) is 3.24. The van der Waals surface area contributed by atoms with E-state index in [0.29, 0.717) is 5.56 Å². The molecule has 1 unspecified atom stereocenters. The van der Waals surface area contributed by atoms with Crippen LogP contribution in [0.2, 0.25) is 0 Å². The van der Waals surface area contributed by atoms with Crippen LogP contribution in [0.5, 0.6) is 0 Å². The fraction of sp³-hybridized carbons (Fsp3) is 0.250. The summed E-state index contributed by atoms with van der Waals surface area (Å²) < 4.78 is 27.8. The lowest BCUT2D eigenvalue weighted by Gasteiger charge is -2.28. The van der Waals surface area contributed by atoms with Crippen molar-refractivity contribution in [2.75, 3.05) is 0 Å². The lowest BCUT2D eigenvalue weighted by Crippen LogP contribution is -2.28. The first kappa shape index (κ1) is 13.7. The SMILES string of the molecule is CCC(O)(c1ccccc1)c1ccc(C)c(F)c1F. The summed E-state index contributed by atoms with van der Waals surface area (Å²) in [7, 11) is 0. The van der Waals surface area contributed by atoms with Gasteiger partial charge in [-0.3, -0.25) is 0 Å². The molecule has 19 heavy (non-hydrogen) atoms. The monoisotopic (exact) mass is 262 g/mol. The van der Waals surface area contributed by atoms with E-state index in [4.69, 9.17) is 0 Å². The van der Waals surface area contributed by atoms with Crippen LogP contribution in [0.4, 0.5) is 8.78 Å². The van der Waals surface area contributed by atoms with Gasteiger partial charge in [-0.25, -0.2) is 8.78 Å². The van der Waals surface area contributed by atoms with Gasteiger partial charge in [0.15, 0.2) is 11.6 Å². The minimum atomic E-state index is -1.51. The van der Waals surface area contributed by atoms with Crippen LogP contribution in [0.15, 0.2) is 42.5 Å². The largest absolute Gasteiger partial charge is 0.380 e. The predicted octanol–water partition coefficient (Wildman–Crippen LogP) is 3.92. The Morgan fingerprint density at radius 2 is 1.63 bits per heavy atom. The smallest absolute Gasteiger partial charge is 0.165 e. The van der Waals surface area contributed by atoms with Crippen LogP contribution >= 0.6 is 0 Å². The van der Waals surface area contributed by atoms with Crippen molar-refractivity contribution < 1.29 is 13.9 Å². The van der Waals surface area contributed by atoms with Crippen molar-refractivity contribution in [3.63, 3.8) is 0 Å². The van der Waals surface area contributed by atoms with Crippen LogP contribution < -0.4 is 0 Å². The van der Waals surface area contributed by atoms with E-state index in [1.54, 1.807) is 31.2 Å². The van der Waals surface area contributed by atoms with E-state index in [1.165, 1.54) is 19.1 Å². The zero-order valence-corrected chi connectivity index (χ0v) is 11.0. The summed E-state index contributed by atoms with van der Waals surface area (Å²) in [5.41, 5.74) is -0.753. The summed E-state index contributed by atoms with van der Waals surface area (Å²) >= 11 is 0. The Balaban J connectivity index is 2.63. The molecule has 0 saturated heterocycles. The maximum absolute atomic E-state index is 14.1. The molecule has 0 heterocycles. The molecule has 2 aromatic rings. The molecule has 3 heteroatoms. The minimum absolute atomic E-state index is 0.0238. The standard InChI is InChI=1S/C16H16F2O/c1-3-16(19,12-7-5-4-6-8-12)13-10-9-11(2)14(17)15(13)18/h4-10,19H,3H2,1-2H3. The number of hydrogen-bond acceptors (Lipinski definition) is 1. The third-order valence-electron chi connectivity index (χ3n) is 3.48. The van der Waals surface area contributed by atoms with Gasteiger partial charge in [-0.15, -0.1) is 0 Å². The predicted molar refractivity (Wildman–Crippen MR) is 70.8 cm³/mol. The Morgan fingerprint density at radius 3 is 2.21 bits per heavy atom. The molecule has 1 nitrogen and oxygen atoms in total. The van der Waals surface area contributed by atoms with E-state index in [2.05, 4.69) is 0 Å². The van der Waals surface area contributed by atoms with E-state index in [-0.39, 0.29) is 17.5 Å². The average Bonchev–Trinajstić information content (AvgIpc) is 2.45.